The molecule has 2 saturated carbocycles. The Morgan fingerprint density at radius 2 is 1.96 bits per heavy atom. The van der Waals surface area contributed by atoms with Crippen molar-refractivity contribution in [2.75, 3.05) is 0 Å². The zero-order valence-corrected chi connectivity index (χ0v) is 14.1. The molecule has 138 valence electrons. The Hall–Kier alpha value is -1.86. The van der Waals surface area contributed by atoms with Crippen LogP contribution >= 0.6 is 0 Å². The van der Waals surface area contributed by atoms with Crippen molar-refractivity contribution in [1.29, 1.82) is 0 Å². The van der Waals surface area contributed by atoms with Gasteiger partial charge < -0.3 is 5.32 Å². The van der Waals surface area contributed by atoms with Gasteiger partial charge in [0.05, 0.1) is 5.69 Å². The fourth-order valence-corrected chi connectivity index (χ4v) is 3.37. The number of carbonyl (C=O) groups excluding carboxylic acids is 1. The van der Waals surface area contributed by atoms with Gasteiger partial charge in [0, 0.05) is 12.0 Å². The van der Waals surface area contributed by atoms with Crippen LogP contribution in [-0.2, 0) is 17.5 Å². The zero-order valence-electron chi connectivity index (χ0n) is 14.1. The molecule has 1 amide bonds. The van der Waals surface area contributed by atoms with Crippen LogP contribution in [0.5, 0.6) is 0 Å². The summed E-state index contributed by atoms with van der Waals surface area (Å²) in [7, 11) is 0. The Morgan fingerprint density at radius 1 is 1.28 bits per heavy atom. The molecule has 2 aliphatic rings. The van der Waals surface area contributed by atoms with Crippen LogP contribution in [0.15, 0.2) is 10.9 Å². The molecule has 8 heteroatoms. The predicted molar refractivity (Wildman–Crippen MR) is 85.0 cm³/mol. The normalized spacial score (nSPS) is 24.2. The van der Waals surface area contributed by atoms with Crippen LogP contribution in [0.1, 0.15) is 62.6 Å². The largest absolute Gasteiger partial charge is 0.421 e. The molecule has 0 saturated heterocycles. The van der Waals surface area contributed by atoms with Crippen molar-refractivity contribution in [1.82, 2.24) is 15.1 Å². The topological polar surface area (TPSA) is 64.0 Å². The molecule has 25 heavy (non-hydrogen) atoms. The van der Waals surface area contributed by atoms with Gasteiger partial charge in [-0.15, -0.1) is 0 Å². The van der Waals surface area contributed by atoms with Crippen LogP contribution < -0.4 is 10.9 Å². The van der Waals surface area contributed by atoms with Gasteiger partial charge in [0.15, 0.2) is 0 Å². The molecule has 0 spiro atoms. The van der Waals surface area contributed by atoms with Crippen LogP contribution in [0.4, 0.5) is 13.2 Å². The Morgan fingerprint density at radius 3 is 2.56 bits per heavy atom. The monoisotopic (exact) mass is 357 g/mol. The van der Waals surface area contributed by atoms with Crippen molar-refractivity contribution in [2.24, 2.45) is 5.92 Å². The summed E-state index contributed by atoms with van der Waals surface area (Å²) >= 11 is 0. The first kappa shape index (κ1) is 17.9. The highest BCUT2D eigenvalue weighted by molar-refractivity contribution is 5.76. The number of carbonyl (C=O) groups is 1. The molecule has 0 aliphatic heterocycles. The van der Waals surface area contributed by atoms with E-state index in [0.717, 1.165) is 44.6 Å². The van der Waals surface area contributed by atoms with E-state index in [4.69, 9.17) is 0 Å². The maximum Gasteiger partial charge on any atom is 0.421 e. The molecule has 1 aromatic rings. The minimum atomic E-state index is -4.75. The number of amides is 1. The first-order chi connectivity index (χ1) is 11.8. The van der Waals surface area contributed by atoms with Crippen molar-refractivity contribution >= 4 is 5.91 Å². The highest BCUT2D eigenvalue weighted by Crippen LogP contribution is 2.40. The summed E-state index contributed by atoms with van der Waals surface area (Å²) in [6, 6.07) is 0.836. The fourth-order valence-electron chi connectivity index (χ4n) is 3.37. The molecular formula is C17H22F3N3O2. The molecule has 1 heterocycles. The summed E-state index contributed by atoms with van der Waals surface area (Å²) in [5.41, 5.74) is -2.27. The SMILES string of the molecule is CC1CCCCC1NC(=O)Cn1nc(C2CC2)cc(C(F)(F)F)c1=O. The molecule has 2 fully saturated rings. The second-order valence-corrected chi connectivity index (χ2v) is 7.15. The van der Waals surface area contributed by atoms with Crippen molar-refractivity contribution in [3.63, 3.8) is 0 Å². The van der Waals surface area contributed by atoms with Gasteiger partial charge in [0.1, 0.15) is 12.1 Å². The molecule has 2 atom stereocenters. The van der Waals surface area contributed by atoms with Crippen molar-refractivity contribution < 1.29 is 18.0 Å². The predicted octanol–water partition coefficient (Wildman–Crippen LogP) is 2.83. The van der Waals surface area contributed by atoms with Crippen LogP contribution in [0.25, 0.3) is 0 Å². The lowest BCUT2D eigenvalue weighted by molar-refractivity contribution is -0.139. The number of alkyl halides is 3. The number of halogens is 3. The Labute approximate surface area is 143 Å². The second kappa shape index (κ2) is 6.80. The van der Waals surface area contributed by atoms with Gasteiger partial charge in [0.25, 0.3) is 5.56 Å². The molecule has 1 aromatic heterocycles. The molecule has 0 aromatic carbocycles. The average molecular weight is 357 g/mol. The standard InChI is InChI=1S/C17H22F3N3O2/c1-10-4-2-3-5-13(10)21-15(24)9-23-16(25)12(17(18,19)20)8-14(22-23)11-6-7-11/h8,10-11,13H,2-7,9H2,1H3,(H,21,24). The molecule has 0 bridgehead atoms. The zero-order chi connectivity index (χ0) is 18.2. The number of aromatic nitrogens is 2. The summed E-state index contributed by atoms with van der Waals surface area (Å²) < 4.78 is 40.0. The lowest BCUT2D eigenvalue weighted by Gasteiger charge is -2.29. The third-order valence-electron chi connectivity index (χ3n) is 5.05. The molecule has 1 N–H and O–H groups in total. The lowest BCUT2D eigenvalue weighted by atomic mass is 9.86. The van der Waals surface area contributed by atoms with Crippen LogP contribution in [0, 0.1) is 5.92 Å². The summed E-state index contributed by atoms with van der Waals surface area (Å²) in [5, 5.41) is 6.85. The van der Waals surface area contributed by atoms with E-state index in [2.05, 4.69) is 10.4 Å². The van der Waals surface area contributed by atoms with Gasteiger partial charge in [-0.1, -0.05) is 19.8 Å². The minimum Gasteiger partial charge on any atom is -0.351 e. The first-order valence-electron chi connectivity index (χ1n) is 8.74. The summed E-state index contributed by atoms with van der Waals surface area (Å²) in [6.45, 7) is 1.57. The van der Waals surface area contributed by atoms with E-state index in [9.17, 15) is 22.8 Å². The number of nitrogens with one attached hydrogen (secondary N) is 1. The lowest BCUT2D eigenvalue weighted by Crippen LogP contribution is -2.44. The molecular weight excluding hydrogens is 335 g/mol. The quantitative estimate of drug-likeness (QED) is 0.901. The number of nitrogens with zero attached hydrogens (tertiary/aromatic N) is 2. The summed E-state index contributed by atoms with van der Waals surface area (Å²) in [6.07, 6.45) is 0.766. The highest BCUT2D eigenvalue weighted by atomic mass is 19.4. The van der Waals surface area contributed by atoms with E-state index in [1.807, 2.05) is 6.92 Å². The number of rotatable bonds is 4. The fraction of sp³-hybridized carbons (Fsp3) is 0.706. The van der Waals surface area contributed by atoms with Crippen molar-refractivity contribution in [3.8, 4) is 0 Å². The summed E-state index contributed by atoms with van der Waals surface area (Å²) in [5.74, 6) is -0.185. The van der Waals surface area contributed by atoms with Gasteiger partial charge in [-0.3, -0.25) is 9.59 Å². The Balaban J connectivity index is 1.80. The van der Waals surface area contributed by atoms with Gasteiger partial charge in [0.2, 0.25) is 5.91 Å². The van der Waals surface area contributed by atoms with Gasteiger partial charge in [-0.2, -0.15) is 18.3 Å². The minimum absolute atomic E-state index is 0.00523. The molecule has 0 radical (unpaired) electrons. The van der Waals surface area contributed by atoms with E-state index in [1.54, 1.807) is 0 Å². The Bertz CT molecular complexity index is 710. The maximum atomic E-state index is 13.1. The van der Waals surface area contributed by atoms with Gasteiger partial charge >= 0.3 is 6.18 Å². The number of hydrogen-bond acceptors (Lipinski definition) is 3. The second-order valence-electron chi connectivity index (χ2n) is 7.15. The van der Waals surface area contributed by atoms with E-state index >= 15 is 0 Å². The van der Waals surface area contributed by atoms with E-state index in [1.165, 1.54) is 0 Å². The molecule has 2 unspecified atom stereocenters. The van der Waals surface area contributed by atoms with E-state index in [0.29, 0.717) is 10.6 Å². The Kier molecular flexibility index (Phi) is 4.88. The smallest absolute Gasteiger partial charge is 0.351 e. The number of hydrogen-bond donors (Lipinski definition) is 1. The van der Waals surface area contributed by atoms with E-state index < -0.39 is 29.8 Å². The molecule has 2 aliphatic carbocycles. The van der Waals surface area contributed by atoms with Gasteiger partial charge in [-0.25, -0.2) is 4.68 Å². The van der Waals surface area contributed by atoms with Crippen molar-refractivity contribution in [3.05, 3.63) is 27.7 Å². The highest BCUT2D eigenvalue weighted by Gasteiger charge is 2.38. The van der Waals surface area contributed by atoms with Crippen LogP contribution in [-0.4, -0.2) is 21.7 Å². The molecule has 3 rings (SSSR count). The summed E-state index contributed by atoms with van der Waals surface area (Å²) in [4.78, 5) is 24.3. The first-order valence-corrected chi connectivity index (χ1v) is 8.74. The average Bonchev–Trinajstić information content (AvgIpc) is 3.35. The van der Waals surface area contributed by atoms with Crippen LogP contribution in [0.2, 0.25) is 0 Å². The van der Waals surface area contributed by atoms with Crippen molar-refractivity contribution in [2.45, 2.75) is 70.1 Å². The van der Waals surface area contributed by atoms with Gasteiger partial charge in [-0.05, 0) is 37.7 Å². The maximum absolute atomic E-state index is 13.1. The third kappa shape index (κ3) is 4.22. The third-order valence-corrected chi connectivity index (χ3v) is 5.05. The van der Waals surface area contributed by atoms with E-state index in [-0.39, 0.29) is 17.7 Å². The van der Waals surface area contributed by atoms with Crippen LogP contribution in [0.3, 0.4) is 0 Å². The molecule has 5 nitrogen and oxygen atoms in total.